The van der Waals surface area contributed by atoms with Crippen molar-refractivity contribution in [2.45, 2.75) is 46.7 Å². The molecule has 0 aromatic carbocycles. The largest absolute Gasteiger partial charge is 0.383 e. The fourth-order valence-corrected chi connectivity index (χ4v) is 2.84. The third kappa shape index (κ3) is 4.49. The van der Waals surface area contributed by atoms with Gasteiger partial charge in [-0.1, -0.05) is 27.2 Å². The summed E-state index contributed by atoms with van der Waals surface area (Å²) in [6.45, 7) is 6.19. The van der Waals surface area contributed by atoms with Crippen LogP contribution in [-0.2, 0) is 17.9 Å². The quantitative estimate of drug-likeness (QED) is 0.682. The highest BCUT2D eigenvalue weighted by molar-refractivity contribution is 5.95. The maximum Gasteiger partial charge on any atom is 0.330 e. The number of nitrogens with one attached hydrogen (secondary N) is 1. The molecule has 0 saturated heterocycles. The summed E-state index contributed by atoms with van der Waals surface area (Å²) in [5, 5.41) is 9.09. The highest BCUT2D eigenvalue weighted by atomic mass is 16.2. The lowest BCUT2D eigenvalue weighted by atomic mass is 10.2. The average Bonchev–Trinajstić information content (AvgIpc) is 3.08. The molecule has 0 unspecified atom stereocenters. The molecule has 2 rings (SSSR count). The van der Waals surface area contributed by atoms with Crippen molar-refractivity contribution in [1.29, 1.82) is 5.26 Å². The highest BCUT2D eigenvalue weighted by Crippen LogP contribution is 2.19. The number of rotatable bonds is 8. The van der Waals surface area contributed by atoms with E-state index >= 15 is 0 Å². The summed E-state index contributed by atoms with van der Waals surface area (Å²) < 4.78 is 2.67. The lowest BCUT2D eigenvalue weighted by molar-refractivity contribution is -0.119. The van der Waals surface area contributed by atoms with Crippen molar-refractivity contribution in [3.63, 3.8) is 0 Å². The lowest BCUT2D eigenvalue weighted by Crippen LogP contribution is -2.43. The Morgan fingerprint density at radius 2 is 2.14 bits per heavy atom. The van der Waals surface area contributed by atoms with Gasteiger partial charge in [-0.15, -0.1) is 0 Å². The highest BCUT2D eigenvalue weighted by Gasteiger charge is 2.24. The van der Waals surface area contributed by atoms with Gasteiger partial charge in [-0.25, -0.2) is 9.78 Å². The molecule has 2 aromatic rings. The number of nitriles is 1. The molecule has 0 radical (unpaired) electrons. The van der Waals surface area contributed by atoms with E-state index in [0.717, 1.165) is 6.42 Å². The van der Waals surface area contributed by atoms with Crippen molar-refractivity contribution in [2.75, 3.05) is 17.2 Å². The fourth-order valence-electron chi connectivity index (χ4n) is 2.84. The summed E-state index contributed by atoms with van der Waals surface area (Å²) in [5.74, 6) is -0.258. The minimum Gasteiger partial charge on any atom is -0.383 e. The number of carbonyl (C=O) groups is 1. The molecule has 0 atom stereocenters. The van der Waals surface area contributed by atoms with Crippen LogP contribution in [0.1, 0.15) is 39.4 Å². The van der Waals surface area contributed by atoms with Crippen LogP contribution in [0, 0.1) is 17.2 Å². The minimum atomic E-state index is -0.710. The molecule has 0 aliphatic heterocycles. The van der Waals surface area contributed by atoms with Crippen molar-refractivity contribution < 1.29 is 4.79 Å². The Balaban J connectivity index is 2.50. The van der Waals surface area contributed by atoms with Gasteiger partial charge in [0.2, 0.25) is 11.7 Å². The standard InChI is InChI=1S/C18H25N7O3/c1-4-5-7-24(14(26)11-23-8-6-21-13(23)9-19)15-16(20)25(10-12(2)3)18(28)22-17(15)27/h6,8,12H,4-5,7,10-11,20H2,1-3H3,(H,22,27,28). The van der Waals surface area contributed by atoms with Crippen LogP contribution < -0.4 is 21.9 Å². The molecule has 0 bridgehead atoms. The molecule has 3 N–H and O–H groups in total. The van der Waals surface area contributed by atoms with Crippen molar-refractivity contribution in [3.8, 4) is 6.07 Å². The van der Waals surface area contributed by atoms with Crippen LogP contribution in [-0.4, -0.2) is 31.6 Å². The molecule has 0 fully saturated rings. The number of anilines is 2. The van der Waals surface area contributed by atoms with Gasteiger partial charge in [0.1, 0.15) is 18.4 Å². The first kappa shape index (κ1) is 21.0. The normalized spacial score (nSPS) is 10.8. The molecule has 28 heavy (non-hydrogen) atoms. The summed E-state index contributed by atoms with van der Waals surface area (Å²) in [4.78, 5) is 45.1. The number of unbranched alkanes of at least 4 members (excludes halogenated alkanes) is 1. The first-order chi connectivity index (χ1) is 13.3. The first-order valence-corrected chi connectivity index (χ1v) is 9.14. The van der Waals surface area contributed by atoms with Crippen molar-refractivity contribution in [1.82, 2.24) is 19.1 Å². The third-order valence-electron chi connectivity index (χ3n) is 4.19. The predicted molar refractivity (Wildman–Crippen MR) is 105 cm³/mol. The second-order valence-electron chi connectivity index (χ2n) is 6.89. The van der Waals surface area contributed by atoms with Gasteiger partial charge in [-0.3, -0.25) is 19.1 Å². The first-order valence-electron chi connectivity index (χ1n) is 9.14. The van der Waals surface area contributed by atoms with Gasteiger partial charge in [0, 0.05) is 25.5 Å². The molecular formula is C18H25N7O3. The van der Waals surface area contributed by atoms with Gasteiger partial charge in [0.05, 0.1) is 0 Å². The molecule has 2 aromatic heterocycles. The Bertz CT molecular complexity index is 994. The number of nitrogens with two attached hydrogens (primary N) is 1. The summed E-state index contributed by atoms with van der Waals surface area (Å²) in [7, 11) is 0. The van der Waals surface area contributed by atoms with Gasteiger partial charge in [0.15, 0.2) is 5.69 Å². The van der Waals surface area contributed by atoms with E-state index in [9.17, 15) is 14.4 Å². The molecule has 150 valence electrons. The predicted octanol–water partition coefficient (Wildman–Crippen LogP) is 0.676. The van der Waals surface area contributed by atoms with Gasteiger partial charge in [-0.05, 0) is 12.3 Å². The molecule has 0 saturated carbocycles. The van der Waals surface area contributed by atoms with Crippen molar-refractivity contribution in [2.24, 2.45) is 5.92 Å². The molecule has 10 nitrogen and oxygen atoms in total. The van der Waals surface area contributed by atoms with E-state index in [0.29, 0.717) is 13.0 Å². The molecule has 2 heterocycles. The number of hydrogen-bond acceptors (Lipinski definition) is 6. The Hall–Kier alpha value is -3.35. The number of nitrogens with zero attached hydrogens (tertiary/aromatic N) is 5. The SMILES string of the molecule is CCCCN(C(=O)Cn1ccnc1C#N)c1c(N)n(CC(C)C)c(=O)[nH]c1=O. The third-order valence-corrected chi connectivity index (χ3v) is 4.19. The number of carbonyl (C=O) groups excluding carboxylic acids is 1. The average molecular weight is 387 g/mol. The van der Waals surface area contributed by atoms with Gasteiger partial charge < -0.3 is 15.2 Å². The zero-order chi connectivity index (χ0) is 20.8. The topological polar surface area (TPSA) is 143 Å². The fraction of sp³-hybridized carbons (Fsp3) is 0.500. The van der Waals surface area contributed by atoms with E-state index in [-0.39, 0.29) is 36.3 Å². The monoisotopic (exact) mass is 387 g/mol. The van der Waals surface area contributed by atoms with E-state index in [1.54, 1.807) is 0 Å². The number of aromatic nitrogens is 4. The van der Waals surface area contributed by atoms with Crippen molar-refractivity contribution in [3.05, 3.63) is 39.1 Å². The number of H-pyrrole nitrogens is 1. The lowest BCUT2D eigenvalue weighted by Gasteiger charge is -2.25. The number of aromatic amines is 1. The summed E-state index contributed by atoms with van der Waals surface area (Å²) in [5.41, 5.74) is 4.79. The zero-order valence-corrected chi connectivity index (χ0v) is 16.3. The molecular weight excluding hydrogens is 362 g/mol. The maximum atomic E-state index is 13.0. The second-order valence-corrected chi connectivity index (χ2v) is 6.89. The molecule has 0 aliphatic carbocycles. The molecule has 1 amide bonds. The van der Waals surface area contributed by atoms with Gasteiger partial charge in [-0.2, -0.15) is 5.26 Å². The Kier molecular flexibility index (Phi) is 6.76. The van der Waals surface area contributed by atoms with E-state index < -0.39 is 17.2 Å². The van der Waals surface area contributed by atoms with Crippen LogP contribution in [0.15, 0.2) is 22.0 Å². The summed E-state index contributed by atoms with van der Waals surface area (Å²) >= 11 is 0. The van der Waals surface area contributed by atoms with E-state index in [1.165, 1.54) is 26.4 Å². The number of hydrogen-bond donors (Lipinski definition) is 2. The van der Waals surface area contributed by atoms with E-state index in [4.69, 9.17) is 11.0 Å². The van der Waals surface area contributed by atoms with E-state index in [1.807, 2.05) is 26.8 Å². The molecule has 0 spiro atoms. The van der Waals surface area contributed by atoms with Gasteiger partial charge >= 0.3 is 5.69 Å². The smallest absolute Gasteiger partial charge is 0.330 e. The zero-order valence-electron chi connectivity index (χ0n) is 16.3. The van der Waals surface area contributed by atoms with Crippen LogP contribution in [0.4, 0.5) is 11.5 Å². The van der Waals surface area contributed by atoms with Crippen LogP contribution in [0.2, 0.25) is 0 Å². The van der Waals surface area contributed by atoms with Crippen molar-refractivity contribution >= 4 is 17.4 Å². The summed E-state index contributed by atoms with van der Waals surface area (Å²) in [6, 6.07) is 1.91. The Labute approximate surface area is 162 Å². The van der Waals surface area contributed by atoms with Crippen LogP contribution >= 0.6 is 0 Å². The molecule has 0 aliphatic rings. The minimum absolute atomic E-state index is 0.0435. The Morgan fingerprint density at radius 3 is 2.75 bits per heavy atom. The number of nitrogen functional groups attached to an aromatic ring is 1. The number of amides is 1. The van der Waals surface area contributed by atoms with E-state index in [2.05, 4.69) is 9.97 Å². The van der Waals surface area contributed by atoms with Crippen LogP contribution in [0.3, 0.4) is 0 Å². The van der Waals surface area contributed by atoms with Crippen LogP contribution in [0.25, 0.3) is 0 Å². The maximum absolute atomic E-state index is 13.0. The second kappa shape index (κ2) is 9.03. The number of imidazole rings is 1. The Morgan fingerprint density at radius 1 is 1.43 bits per heavy atom. The summed E-state index contributed by atoms with van der Waals surface area (Å²) in [6.07, 6.45) is 4.37. The molecule has 10 heteroatoms. The van der Waals surface area contributed by atoms with Gasteiger partial charge in [0.25, 0.3) is 5.56 Å². The van der Waals surface area contributed by atoms with Crippen LogP contribution in [0.5, 0.6) is 0 Å².